The number of nitrogens with two attached hydrogens (primary N) is 1. The molecule has 0 aliphatic carbocycles. The number of phenols is 1. The molecule has 4 heteroatoms. The molecule has 0 saturated heterocycles. The van der Waals surface area contributed by atoms with E-state index in [-0.39, 0.29) is 5.75 Å². The summed E-state index contributed by atoms with van der Waals surface area (Å²) in [5.41, 5.74) is 9.31. The van der Waals surface area contributed by atoms with Crippen LogP contribution in [0.4, 0.5) is 0 Å². The van der Waals surface area contributed by atoms with Crippen LogP contribution in [0.5, 0.6) is 5.75 Å². The van der Waals surface area contributed by atoms with Gasteiger partial charge in [-0.05, 0) is 19.9 Å². The summed E-state index contributed by atoms with van der Waals surface area (Å²) >= 11 is 0. The topological polar surface area (TPSA) is 72.0 Å². The van der Waals surface area contributed by atoms with E-state index in [9.17, 15) is 5.11 Å². The number of aryl methyl sites for hydroxylation is 2. The Kier molecular flexibility index (Phi) is 3.58. The quantitative estimate of drug-likeness (QED) is 0.863. The molecule has 1 heterocycles. The number of phenolic OH excluding ortho intramolecular Hbond substituents is 1. The fourth-order valence-electron chi connectivity index (χ4n) is 2.01. The highest BCUT2D eigenvalue weighted by Crippen LogP contribution is 2.19. The van der Waals surface area contributed by atoms with Crippen LogP contribution in [0.15, 0.2) is 24.3 Å². The molecule has 0 saturated carbocycles. The van der Waals surface area contributed by atoms with Gasteiger partial charge in [-0.3, -0.25) is 0 Å². The van der Waals surface area contributed by atoms with E-state index in [0.29, 0.717) is 18.8 Å². The third-order valence-corrected chi connectivity index (χ3v) is 3.01. The highest BCUT2D eigenvalue weighted by Gasteiger charge is 2.09. The number of hydrogen-bond donors (Lipinski definition) is 2. The van der Waals surface area contributed by atoms with E-state index >= 15 is 0 Å². The van der Waals surface area contributed by atoms with Gasteiger partial charge in [0.15, 0.2) is 0 Å². The number of para-hydroxylation sites is 1. The summed E-state index contributed by atoms with van der Waals surface area (Å²) in [5, 5.41) is 9.74. The molecule has 0 fully saturated rings. The summed E-state index contributed by atoms with van der Waals surface area (Å²) in [6.07, 6.45) is 0.527. The maximum absolute atomic E-state index is 9.74. The molecule has 0 amide bonds. The van der Waals surface area contributed by atoms with E-state index in [1.54, 1.807) is 12.1 Å². The number of benzene rings is 1. The molecule has 0 unspecified atom stereocenters. The van der Waals surface area contributed by atoms with Gasteiger partial charge in [0.1, 0.15) is 11.6 Å². The van der Waals surface area contributed by atoms with E-state index < -0.39 is 0 Å². The molecule has 1 aromatic carbocycles. The van der Waals surface area contributed by atoms with Crippen molar-refractivity contribution < 1.29 is 5.11 Å². The van der Waals surface area contributed by atoms with Gasteiger partial charge in [0.2, 0.25) is 0 Å². The third-order valence-electron chi connectivity index (χ3n) is 3.01. The first-order valence-corrected chi connectivity index (χ1v) is 5.91. The van der Waals surface area contributed by atoms with Gasteiger partial charge in [-0.1, -0.05) is 18.2 Å². The zero-order valence-corrected chi connectivity index (χ0v) is 10.6. The van der Waals surface area contributed by atoms with Gasteiger partial charge in [0.25, 0.3) is 0 Å². The lowest BCUT2D eigenvalue weighted by atomic mass is 10.1. The smallest absolute Gasteiger partial charge is 0.133 e. The Morgan fingerprint density at radius 2 is 1.72 bits per heavy atom. The van der Waals surface area contributed by atoms with Crippen LogP contribution in [0.3, 0.4) is 0 Å². The highest BCUT2D eigenvalue weighted by atomic mass is 16.3. The Morgan fingerprint density at radius 3 is 2.28 bits per heavy atom. The lowest BCUT2D eigenvalue weighted by molar-refractivity contribution is 0.469. The minimum atomic E-state index is 0.277. The van der Waals surface area contributed by atoms with E-state index in [1.807, 2.05) is 26.0 Å². The average molecular weight is 243 g/mol. The van der Waals surface area contributed by atoms with Gasteiger partial charge in [-0.25, -0.2) is 9.97 Å². The fourth-order valence-corrected chi connectivity index (χ4v) is 2.01. The molecule has 94 valence electrons. The van der Waals surface area contributed by atoms with E-state index in [4.69, 9.17) is 5.73 Å². The van der Waals surface area contributed by atoms with E-state index in [2.05, 4.69) is 9.97 Å². The first-order valence-electron chi connectivity index (χ1n) is 5.91. The predicted molar refractivity (Wildman–Crippen MR) is 70.3 cm³/mol. The van der Waals surface area contributed by atoms with Crippen molar-refractivity contribution in [1.82, 2.24) is 9.97 Å². The van der Waals surface area contributed by atoms with Crippen LogP contribution in [0, 0.1) is 13.8 Å². The van der Waals surface area contributed by atoms with Crippen molar-refractivity contribution in [3.05, 3.63) is 52.6 Å². The van der Waals surface area contributed by atoms with Crippen molar-refractivity contribution in [2.75, 3.05) is 0 Å². The highest BCUT2D eigenvalue weighted by molar-refractivity contribution is 5.34. The van der Waals surface area contributed by atoms with Gasteiger partial charge >= 0.3 is 0 Å². The lowest BCUT2D eigenvalue weighted by Crippen LogP contribution is -2.09. The van der Waals surface area contributed by atoms with Crippen molar-refractivity contribution >= 4 is 0 Å². The minimum Gasteiger partial charge on any atom is -0.508 e. The first-order chi connectivity index (χ1) is 8.61. The summed E-state index contributed by atoms with van der Waals surface area (Å²) in [4.78, 5) is 8.88. The molecule has 0 bridgehead atoms. The molecule has 0 aliphatic rings. The van der Waals surface area contributed by atoms with Crippen molar-refractivity contribution in [3.8, 4) is 5.75 Å². The van der Waals surface area contributed by atoms with Gasteiger partial charge < -0.3 is 10.8 Å². The second-order valence-electron chi connectivity index (χ2n) is 4.30. The Balaban J connectivity index is 2.34. The number of aromatic nitrogens is 2. The normalized spacial score (nSPS) is 10.6. The molecule has 1 aromatic heterocycles. The van der Waals surface area contributed by atoms with Crippen LogP contribution in [0.25, 0.3) is 0 Å². The Hall–Kier alpha value is -1.94. The Labute approximate surface area is 107 Å². The van der Waals surface area contributed by atoms with Crippen molar-refractivity contribution in [3.63, 3.8) is 0 Å². The summed E-state index contributed by atoms with van der Waals surface area (Å²) in [6, 6.07) is 7.24. The summed E-state index contributed by atoms with van der Waals surface area (Å²) < 4.78 is 0. The Morgan fingerprint density at radius 1 is 1.11 bits per heavy atom. The first kappa shape index (κ1) is 12.5. The fraction of sp³-hybridized carbons (Fsp3) is 0.286. The van der Waals surface area contributed by atoms with Crippen molar-refractivity contribution in [1.29, 1.82) is 0 Å². The SMILES string of the molecule is Cc1nc(Cc2ccccc2O)nc(C)c1CN. The summed E-state index contributed by atoms with van der Waals surface area (Å²) in [7, 11) is 0. The molecule has 4 nitrogen and oxygen atoms in total. The van der Waals surface area contributed by atoms with Crippen LogP contribution in [-0.2, 0) is 13.0 Å². The maximum atomic E-state index is 9.74. The van der Waals surface area contributed by atoms with Gasteiger partial charge in [-0.15, -0.1) is 0 Å². The number of aromatic hydroxyl groups is 1. The average Bonchev–Trinajstić information content (AvgIpc) is 2.32. The van der Waals surface area contributed by atoms with E-state index in [1.165, 1.54) is 0 Å². The second kappa shape index (κ2) is 5.14. The monoisotopic (exact) mass is 243 g/mol. The molecular weight excluding hydrogens is 226 g/mol. The van der Waals surface area contributed by atoms with Crippen LogP contribution in [0.2, 0.25) is 0 Å². The number of rotatable bonds is 3. The zero-order chi connectivity index (χ0) is 13.1. The molecule has 0 spiro atoms. The number of nitrogens with zero attached hydrogens (tertiary/aromatic N) is 2. The van der Waals surface area contributed by atoms with Crippen molar-refractivity contribution in [2.24, 2.45) is 5.73 Å². The zero-order valence-electron chi connectivity index (χ0n) is 10.6. The van der Waals surface area contributed by atoms with E-state index in [0.717, 1.165) is 22.5 Å². The van der Waals surface area contributed by atoms with Crippen molar-refractivity contribution in [2.45, 2.75) is 26.8 Å². The molecule has 3 N–H and O–H groups in total. The standard InChI is InChI=1S/C14H17N3O/c1-9-12(8-15)10(2)17-14(16-9)7-11-5-3-4-6-13(11)18/h3-6,18H,7-8,15H2,1-2H3. The largest absolute Gasteiger partial charge is 0.508 e. The predicted octanol–water partition coefficient (Wildman–Crippen LogP) is 1.85. The Bertz CT molecular complexity index is 544. The molecule has 18 heavy (non-hydrogen) atoms. The molecule has 0 atom stereocenters. The van der Waals surface area contributed by atoms with Crippen LogP contribution < -0.4 is 5.73 Å². The van der Waals surface area contributed by atoms with Crippen LogP contribution in [-0.4, -0.2) is 15.1 Å². The molecule has 2 rings (SSSR count). The molecule has 0 radical (unpaired) electrons. The minimum absolute atomic E-state index is 0.277. The maximum Gasteiger partial charge on any atom is 0.133 e. The van der Waals surface area contributed by atoms with Gasteiger partial charge in [0, 0.05) is 35.5 Å². The van der Waals surface area contributed by atoms with Crippen LogP contribution in [0.1, 0.15) is 28.3 Å². The summed E-state index contributed by atoms with van der Waals surface area (Å²) in [6.45, 7) is 4.32. The van der Waals surface area contributed by atoms with Crippen LogP contribution >= 0.6 is 0 Å². The third kappa shape index (κ3) is 2.49. The molecule has 0 aliphatic heterocycles. The lowest BCUT2D eigenvalue weighted by Gasteiger charge is -2.09. The van der Waals surface area contributed by atoms with Gasteiger partial charge in [-0.2, -0.15) is 0 Å². The number of hydrogen-bond acceptors (Lipinski definition) is 4. The molecule has 2 aromatic rings. The van der Waals surface area contributed by atoms with Gasteiger partial charge in [0.05, 0.1) is 0 Å². The second-order valence-corrected chi connectivity index (χ2v) is 4.30. The molecular formula is C14H17N3O. The summed E-state index contributed by atoms with van der Waals surface area (Å²) in [5.74, 6) is 0.989.